The molecule has 6 aromatic carbocycles. The number of hydrogen-bond donors (Lipinski definition) is 0. The molecule has 1 aliphatic rings. The van der Waals surface area contributed by atoms with Gasteiger partial charge in [0.2, 0.25) is 0 Å². The molecule has 0 aliphatic heterocycles. The molecule has 0 bridgehead atoms. The van der Waals surface area contributed by atoms with E-state index in [0.29, 0.717) is 17.5 Å². The third-order valence-electron chi connectivity index (χ3n) is 9.61. The van der Waals surface area contributed by atoms with Crippen molar-refractivity contribution in [3.8, 4) is 56.4 Å². The number of benzene rings is 6. The fourth-order valence-electron chi connectivity index (χ4n) is 7.02. The highest BCUT2D eigenvalue weighted by atomic mass is 32.1. The van der Waals surface area contributed by atoms with E-state index in [9.17, 15) is 0 Å². The molecule has 236 valence electrons. The summed E-state index contributed by atoms with van der Waals surface area (Å²) in [5.41, 5.74) is 10.4. The second kappa shape index (κ2) is 11.8. The molecule has 4 nitrogen and oxygen atoms in total. The highest BCUT2D eigenvalue weighted by Gasteiger charge is 2.18. The predicted molar refractivity (Wildman–Crippen MR) is 207 cm³/mol. The minimum atomic E-state index is 0.609. The molecule has 0 amide bonds. The lowest BCUT2D eigenvalue weighted by molar-refractivity contribution is 0.669. The molecule has 0 saturated heterocycles. The summed E-state index contributed by atoms with van der Waals surface area (Å²) in [6.07, 6.45) is 6.74. The Bertz CT molecular complexity index is 2740. The van der Waals surface area contributed by atoms with Crippen LogP contribution < -0.4 is 0 Å². The van der Waals surface area contributed by atoms with Crippen molar-refractivity contribution < 1.29 is 4.42 Å². The fraction of sp³-hybridized carbons (Fsp3) is 0.0444. The Balaban J connectivity index is 1.10. The van der Waals surface area contributed by atoms with Crippen LogP contribution >= 0.6 is 11.3 Å². The smallest absolute Gasteiger partial charge is 0.164 e. The van der Waals surface area contributed by atoms with E-state index in [0.717, 1.165) is 68.2 Å². The van der Waals surface area contributed by atoms with Crippen LogP contribution in [-0.4, -0.2) is 15.0 Å². The van der Waals surface area contributed by atoms with Crippen LogP contribution in [0.3, 0.4) is 0 Å². The Labute approximate surface area is 293 Å². The van der Waals surface area contributed by atoms with Crippen molar-refractivity contribution in [3.05, 3.63) is 156 Å². The molecule has 0 N–H and O–H groups in total. The molecular formula is C45H29N3OS. The zero-order chi connectivity index (χ0) is 33.0. The first-order valence-corrected chi connectivity index (χ1v) is 17.7. The molecule has 0 fully saturated rings. The van der Waals surface area contributed by atoms with Gasteiger partial charge in [-0.3, -0.25) is 0 Å². The molecule has 0 spiro atoms. The van der Waals surface area contributed by atoms with Gasteiger partial charge in [0.25, 0.3) is 0 Å². The Hall–Kier alpha value is -6.17. The monoisotopic (exact) mass is 659 g/mol. The number of aryl methyl sites for hydroxylation is 1. The SMILES string of the molecule is C1=Cc2c(sc3cc(-c4nc(-c5ccc(-c6ccccc6)cc5)nc(-c5ccc6c(c5)oc5cc(-c7ccccc7)ccc56)n4)ccc23)CC1. The maximum absolute atomic E-state index is 6.47. The van der Waals surface area contributed by atoms with Gasteiger partial charge in [-0.15, -0.1) is 11.3 Å². The van der Waals surface area contributed by atoms with Crippen LogP contribution in [0.4, 0.5) is 0 Å². The first kappa shape index (κ1) is 28.8. The van der Waals surface area contributed by atoms with Crippen molar-refractivity contribution in [3.63, 3.8) is 0 Å². The molecule has 0 atom stereocenters. The molecule has 9 aromatic rings. The minimum absolute atomic E-state index is 0.609. The number of hydrogen-bond acceptors (Lipinski definition) is 5. The largest absolute Gasteiger partial charge is 0.456 e. The van der Waals surface area contributed by atoms with Crippen LogP contribution in [0, 0.1) is 0 Å². The Morgan fingerprint density at radius 2 is 0.960 bits per heavy atom. The van der Waals surface area contributed by atoms with E-state index in [1.807, 2.05) is 23.5 Å². The summed E-state index contributed by atoms with van der Waals surface area (Å²) >= 11 is 1.88. The van der Waals surface area contributed by atoms with Crippen molar-refractivity contribution in [1.82, 2.24) is 15.0 Å². The van der Waals surface area contributed by atoms with E-state index < -0.39 is 0 Å². The summed E-state index contributed by atoms with van der Waals surface area (Å²) in [4.78, 5) is 16.7. The second-order valence-corrected chi connectivity index (χ2v) is 13.9. The van der Waals surface area contributed by atoms with Crippen molar-refractivity contribution >= 4 is 49.4 Å². The zero-order valence-corrected chi connectivity index (χ0v) is 27.8. The van der Waals surface area contributed by atoms with Crippen molar-refractivity contribution in [2.45, 2.75) is 12.8 Å². The number of aromatic nitrogens is 3. The van der Waals surface area contributed by atoms with Gasteiger partial charge in [-0.05, 0) is 76.4 Å². The average molecular weight is 660 g/mol. The number of fused-ring (bicyclic) bond motifs is 6. The number of nitrogens with zero attached hydrogens (tertiary/aromatic N) is 3. The fourth-order valence-corrected chi connectivity index (χ4v) is 8.27. The topological polar surface area (TPSA) is 51.8 Å². The van der Waals surface area contributed by atoms with Crippen LogP contribution in [0.15, 0.2) is 150 Å². The van der Waals surface area contributed by atoms with Gasteiger partial charge in [-0.25, -0.2) is 15.0 Å². The van der Waals surface area contributed by atoms with Crippen molar-refractivity contribution in [2.75, 3.05) is 0 Å². The predicted octanol–water partition coefficient (Wildman–Crippen LogP) is 12.3. The molecule has 3 aromatic heterocycles. The third-order valence-corrected chi connectivity index (χ3v) is 10.8. The van der Waals surface area contributed by atoms with E-state index in [2.05, 4.69) is 140 Å². The number of allylic oxidation sites excluding steroid dienone is 1. The van der Waals surface area contributed by atoms with Gasteiger partial charge in [0.1, 0.15) is 11.2 Å². The van der Waals surface area contributed by atoms with Gasteiger partial charge in [-0.2, -0.15) is 0 Å². The highest BCUT2D eigenvalue weighted by Crippen LogP contribution is 2.39. The van der Waals surface area contributed by atoms with Crippen LogP contribution in [0.5, 0.6) is 0 Å². The summed E-state index contributed by atoms with van der Waals surface area (Å²) in [6, 6.07) is 48.6. The lowest BCUT2D eigenvalue weighted by Gasteiger charge is -2.09. The summed E-state index contributed by atoms with van der Waals surface area (Å²) < 4.78 is 7.73. The van der Waals surface area contributed by atoms with Gasteiger partial charge in [0.05, 0.1) is 0 Å². The van der Waals surface area contributed by atoms with Gasteiger partial charge in [-0.1, -0.05) is 121 Å². The van der Waals surface area contributed by atoms with E-state index in [4.69, 9.17) is 19.4 Å². The average Bonchev–Trinajstić information content (AvgIpc) is 3.75. The molecule has 0 saturated carbocycles. The van der Waals surface area contributed by atoms with Crippen molar-refractivity contribution in [2.24, 2.45) is 0 Å². The van der Waals surface area contributed by atoms with E-state index in [1.165, 1.54) is 26.1 Å². The highest BCUT2D eigenvalue weighted by molar-refractivity contribution is 7.19. The van der Waals surface area contributed by atoms with E-state index >= 15 is 0 Å². The lowest BCUT2D eigenvalue weighted by Crippen LogP contribution is -2.00. The second-order valence-electron chi connectivity index (χ2n) is 12.7. The van der Waals surface area contributed by atoms with Crippen LogP contribution in [0.1, 0.15) is 16.9 Å². The summed E-state index contributed by atoms with van der Waals surface area (Å²) in [7, 11) is 0. The number of furan rings is 1. The molecule has 3 heterocycles. The standard InChI is InChI=1S/C45H29N3OS/c1-3-9-28(10-4-1)30-15-17-31(18-16-30)43-46-44(48-45(47-43)34-21-24-38-37-13-7-8-14-41(37)50-42(38)27-34)33-20-23-36-35-22-19-32(29-11-5-2-6-12-29)25-39(35)49-40(36)26-33/h1-7,9-13,15-27H,8,14H2. The zero-order valence-electron chi connectivity index (χ0n) is 27.0. The Kier molecular flexibility index (Phi) is 6.78. The molecule has 0 unspecified atom stereocenters. The van der Waals surface area contributed by atoms with Crippen LogP contribution in [-0.2, 0) is 6.42 Å². The normalized spacial score (nSPS) is 12.6. The summed E-state index contributed by atoms with van der Waals surface area (Å²) in [5, 5.41) is 3.44. The number of thiophene rings is 1. The summed E-state index contributed by atoms with van der Waals surface area (Å²) in [6.45, 7) is 0. The van der Waals surface area contributed by atoms with Gasteiger partial charge < -0.3 is 4.42 Å². The quantitative estimate of drug-likeness (QED) is 0.184. The number of rotatable bonds is 5. The van der Waals surface area contributed by atoms with Crippen LogP contribution in [0.25, 0.3) is 94.5 Å². The van der Waals surface area contributed by atoms with Gasteiger partial charge in [0, 0.05) is 37.0 Å². The molecule has 5 heteroatoms. The van der Waals surface area contributed by atoms with E-state index in [1.54, 1.807) is 0 Å². The molecule has 0 radical (unpaired) electrons. The first-order chi connectivity index (χ1) is 24.7. The lowest BCUT2D eigenvalue weighted by atomic mass is 10.0. The Morgan fingerprint density at radius 3 is 1.64 bits per heavy atom. The third kappa shape index (κ3) is 5.02. The summed E-state index contributed by atoms with van der Waals surface area (Å²) in [5.74, 6) is 1.89. The maximum Gasteiger partial charge on any atom is 0.164 e. The molecular weight excluding hydrogens is 631 g/mol. The molecule has 50 heavy (non-hydrogen) atoms. The van der Waals surface area contributed by atoms with Gasteiger partial charge >= 0.3 is 0 Å². The molecule has 10 rings (SSSR count). The van der Waals surface area contributed by atoms with Crippen LogP contribution in [0.2, 0.25) is 0 Å². The van der Waals surface area contributed by atoms with E-state index in [-0.39, 0.29) is 0 Å². The minimum Gasteiger partial charge on any atom is -0.456 e. The first-order valence-electron chi connectivity index (χ1n) is 16.9. The Morgan fingerprint density at radius 1 is 0.460 bits per heavy atom. The molecule has 1 aliphatic carbocycles. The van der Waals surface area contributed by atoms with Gasteiger partial charge in [0.15, 0.2) is 17.5 Å². The van der Waals surface area contributed by atoms with Crippen molar-refractivity contribution in [1.29, 1.82) is 0 Å². The maximum atomic E-state index is 6.47.